The molecule has 6 aromatic rings. The Morgan fingerprint density at radius 2 is 1.30 bits per heavy atom. The Labute approximate surface area is 293 Å². The largest absolute Gasteiger partial charge is 0.310 e. The molecule has 1 heteroatoms. The molecule has 0 saturated carbocycles. The molecule has 238 valence electrons. The third-order valence-corrected chi connectivity index (χ3v) is 12.1. The van der Waals surface area contributed by atoms with Gasteiger partial charge in [-0.05, 0) is 130 Å². The summed E-state index contributed by atoms with van der Waals surface area (Å²) < 4.78 is 2.46. The van der Waals surface area contributed by atoms with Gasteiger partial charge in [0.05, 0.1) is 10.9 Å². The highest BCUT2D eigenvalue weighted by Gasteiger charge is 2.52. The topological polar surface area (TPSA) is 4.93 Å². The zero-order valence-electron chi connectivity index (χ0n) is 28.1. The minimum absolute atomic E-state index is 0.319. The molecule has 5 aliphatic carbocycles. The maximum atomic E-state index is 2.59. The van der Waals surface area contributed by atoms with Crippen molar-refractivity contribution in [1.29, 1.82) is 0 Å². The van der Waals surface area contributed by atoms with Crippen LogP contribution in [-0.2, 0) is 5.41 Å². The molecule has 0 amide bonds. The number of hydrogen-bond donors (Lipinski definition) is 0. The number of benzene rings is 5. The number of fused-ring (bicyclic) bond motifs is 12. The van der Waals surface area contributed by atoms with Crippen LogP contribution in [-0.4, -0.2) is 4.57 Å². The van der Waals surface area contributed by atoms with Gasteiger partial charge in [-0.2, -0.15) is 0 Å². The van der Waals surface area contributed by atoms with Gasteiger partial charge >= 0.3 is 0 Å². The highest BCUT2D eigenvalue weighted by molar-refractivity contribution is 5.98. The summed E-state index contributed by atoms with van der Waals surface area (Å²) in [6.07, 6.45) is 20.8. The molecule has 0 bridgehead atoms. The lowest BCUT2D eigenvalue weighted by Gasteiger charge is -2.33. The fourth-order valence-electron chi connectivity index (χ4n) is 9.94. The van der Waals surface area contributed by atoms with Crippen LogP contribution in [0.1, 0.15) is 71.9 Å². The Balaban J connectivity index is 1.09. The lowest BCUT2D eigenvalue weighted by Crippen LogP contribution is -2.30. The predicted octanol–water partition coefficient (Wildman–Crippen LogP) is 10.7. The van der Waals surface area contributed by atoms with Crippen LogP contribution < -0.4 is 10.6 Å². The zero-order chi connectivity index (χ0) is 32.8. The molecule has 5 aliphatic rings. The smallest absolute Gasteiger partial charge is 0.0722 e. The molecule has 0 unspecified atom stereocenters. The van der Waals surface area contributed by atoms with Crippen molar-refractivity contribution in [2.45, 2.75) is 43.9 Å². The number of nitrogens with zero attached hydrogens (tertiary/aromatic N) is 1. The van der Waals surface area contributed by atoms with E-state index in [1.165, 1.54) is 94.0 Å². The molecule has 0 fully saturated rings. The van der Waals surface area contributed by atoms with Crippen LogP contribution in [0.3, 0.4) is 0 Å². The van der Waals surface area contributed by atoms with Crippen LogP contribution in [0.15, 0.2) is 145 Å². The summed E-state index contributed by atoms with van der Waals surface area (Å²) in [5.41, 5.74) is 19.2. The SMILES string of the molecule is C1=CCCC(c2ccc3c(c2)C2(C4=C3CCC(c3ccc(-n5c6c(c7ccccc75)=CCCC=6)cc3)=C4)c3ccccc3-c3ccccc32)=C1. The Bertz CT molecular complexity index is 2640. The number of hydrogen-bond acceptors (Lipinski definition) is 0. The summed E-state index contributed by atoms with van der Waals surface area (Å²) in [5, 5.41) is 4.06. The second-order valence-electron chi connectivity index (χ2n) is 14.5. The summed E-state index contributed by atoms with van der Waals surface area (Å²) >= 11 is 0. The molecule has 11 rings (SSSR count). The van der Waals surface area contributed by atoms with Gasteiger partial charge in [-0.1, -0.05) is 127 Å². The lowest BCUT2D eigenvalue weighted by atomic mass is 9.68. The van der Waals surface area contributed by atoms with E-state index in [1.807, 2.05) is 0 Å². The highest BCUT2D eigenvalue weighted by atomic mass is 15.0. The van der Waals surface area contributed by atoms with Gasteiger partial charge in [0.2, 0.25) is 0 Å². The van der Waals surface area contributed by atoms with Crippen molar-refractivity contribution < 1.29 is 0 Å². The third-order valence-electron chi connectivity index (χ3n) is 12.1. The van der Waals surface area contributed by atoms with Crippen molar-refractivity contribution in [2.24, 2.45) is 0 Å². The van der Waals surface area contributed by atoms with Gasteiger partial charge in [0.1, 0.15) is 0 Å². The number of para-hydroxylation sites is 1. The Morgan fingerprint density at radius 1 is 0.560 bits per heavy atom. The van der Waals surface area contributed by atoms with Crippen molar-refractivity contribution in [2.75, 3.05) is 0 Å². The normalized spacial score (nSPS) is 17.7. The molecule has 0 radical (unpaired) electrons. The maximum Gasteiger partial charge on any atom is 0.0722 e. The van der Waals surface area contributed by atoms with Crippen LogP contribution in [0.2, 0.25) is 0 Å². The Hall–Kier alpha value is -5.66. The van der Waals surface area contributed by atoms with E-state index in [4.69, 9.17) is 0 Å². The first-order valence-electron chi connectivity index (χ1n) is 18.4. The average molecular weight is 640 g/mol. The molecular weight excluding hydrogens is 603 g/mol. The first-order valence-corrected chi connectivity index (χ1v) is 18.4. The van der Waals surface area contributed by atoms with E-state index in [2.05, 4.69) is 156 Å². The van der Waals surface area contributed by atoms with E-state index in [1.54, 1.807) is 0 Å². The van der Waals surface area contributed by atoms with E-state index in [-0.39, 0.29) is 5.41 Å². The molecule has 50 heavy (non-hydrogen) atoms. The minimum atomic E-state index is -0.319. The molecule has 0 atom stereocenters. The molecular formula is C49H37N. The molecule has 1 spiro atoms. The van der Waals surface area contributed by atoms with Crippen molar-refractivity contribution in [3.05, 3.63) is 189 Å². The van der Waals surface area contributed by atoms with Crippen molar-refractivity contribution in [3.63, 3.8) is 0 Å². The Morgan fingerprint density at radius 3 is 2.10 bits per heavy atom. The van der Waals surface area contributed by atoms with E-state index in [0.717, 1.165) is 38.5 Å². The van der Waals surface area contributed by atoms with Crippen LogP contribution in [0.25, 0.3) is 56.6 Å². The standard InChI is InChI=1S/C49H37N/c1-2-12-32(13-3-1)34-24-28-39-40-29-25-35(31-46(40)49(45(39)30-34)43-18-8-4-14-37(43)38-15-5-9-19-44(38)49)33-22-26-36(27-23-33)50-47-20-10-6-16-41(47)42-17-7-11-21-48(42)50/h1-2,4-6,8-10,12,14-24,26-28,30-31H,3,7,11,13,25,29H2. The average Bonchev–Trinajstić information content (AvgIpc) is 3.80. The molecule has 5 aromatic carbocycles. The zero-order valence-corrected chi connectivity index (χ0v) is 28.1. The van der Waals surface area contributed by atoms with Crippen molar-refractivity contribution >= 4 is 39.8 Å². The summed E-state index contributed by atoms with van der Waals surface area (Å²) in [6.45, 7) is 0. The van der Waals surface area contributed by atoms with Crippen LogP contribution in [0, 0.1) is 0 Å². The predicted molar refractivity (Wildman–Crippen MR) is 209 cm³/mol. The summed E-state index contributed by atoms with van der Waals surface area (Å²) in [7, 11) is 0. The van der Waals surface area contributed by atoms with Gasteiger partial charge in [0.25, 0.3) is 0 Å². The number of rotatable bonds is 3. The van der Waals surface area contributed by atoms with E-state index in [9.17, 15) is 0 Å². The molecule has 1 heterocycles. The van der Waals surface area contributed by atoms with Crippen molar-refractivity contribution in [3.8, 4) is 16.8 Å². The fraction of sp³-hybridized carbons (Fsp3) is 0.143. The number of aromatic nitrogens is 1. The maximum absolute atomic E-state index is 2.59. The van der Waals surface area contributed by atoms with Gasteiger partial charge in [0, 0.05) is 21.6 Å². The van der Waals surface area contributed by atoms with E-state index >= 15 is 0 Å². The van der Waals surface area contributed by atoms with E-state index in [0.29, 0.717) is 0 Å². The molecule has 0 saturated heterocycles. The fourth-order valence-corrected chi connectivity index (χ4v) is 9.94. The summed E-state index contributed by atoms with van der Waals surface area (Å²) in [5.74, 6) is 0. The van der Waals surface area contributed by atoms with Crippen LogP contribution in [0.5, 0.6) is 0 Å². The first kappa shape index (κ1) is 28.2. The van der Waals surface area contributed by atoms with Gasteiger partial charge < -0.3 is 4.57 Å². The molecule has 0 N–H and O–H groups in total. The quantitative estimate of drug-likeness (QED) is 0.182. The van der Waals surface area contributed by atoms with Crippen molar-refractivity contribution in [1.82, 2.24) is 4.57 Å². The van der Waals surface area contributed by atoms with E-state index < -0.39 is 0 Å². The summed E-state index contributed by atoms with van der Waals surface area (Å²) in [6, 6.07) is 44.0. The van der Waals surface area contributed by atoms with Crippen LogP contribution >= 0.6 is 0 Å². The Kier molecular flexibility index (Phi) is 6.02. The van der Waals surface area contributed by atoms with Gasteiger partial charge in [-0.15, -0.1) is 0 Å². The second kappa shape index (κ2) is 10.7. The van der Waals surface area contributed by atoms with Gasteiger partial charge in [-0.3, -0.25) is 0 Å². The van der Waals surface area contributed by atoms with Gasteiger partial charge in [-0.25, -0.2) is 0 Å². The monoisotopic (exact) mass is 639 g/mol. The summed E-state index contributed by atoms with van der Waals surface area (Å²) in [4.78, 5) is 0. The second-order valence-corrected chi connectivity index (χ2v) is 14.5. The van der Waals surface area contributed by atoms with Gasteiger partial charge in [0.15, 0.2) is 0 Å². The molecule has 1 nitrogen and oxygen atoms in total. The molecule has 0 aliphatic heterocycles. The highest BCUT2D eigenvalue weighted by Crippen LogP contribution is 2.64. The minimum Gasteiger partial charge on any atom is -0.310 e. The van der Waals surface area contributed by atoms with Crippen LogP contribution in [0.4, 0.5) is 0 Å². The number of allylic oxidation sites excluding steroid dienone is 8. The first-order chi connectivity index (χ1) is 24.8. The lowest BCUT2D eigenvalue weighted by molar-refractivity contribution is 0.781. The third kappa shape index (κ3) is 3.78. The molecule has 1 aromatic heterocycles.